The maximum absolute atomic E-state index is 11.8. The number of nitrogens with zero attached hydrogens (tertiary/aromatic N) is 1. The van der Waals surface area contributed by atoms with Crippen molar-refractivity contribution in [2.75, 3.05) is 0 Å². The fourth-order valence-corrected chi connectivity index (χ4v) is 2.27. The zero-order valence-electron chi connectivity index (χ0n) is 11.4. The molecule has 0 aromatic carbocycles. The molecule has 1 aliphatic rings. The first kappa shape index (κ1) is 14.4. The highest BCUT2D eigenvalue weighted by Crippen LogP contribution is 2.34. The van der Waals surface area contributed by atoms with Gasteiger partial charge in [0.05, 0.1) is 24.7 Å². The largest absolute Gasteiger partial charge is 0.481 e. The van der Waals surface area contributed by atoms with E-state index < -0.39 is 11.5 Å². The molecule has 1 heterocycles. The van der Waals surface area contributed by atoms with E-state index in [0.717, 1.165) is 18.6 Å². The van der Waals surface area contributed by atoms with Crippen molar-refractivity contribution in [3.63, 3.8) is 0 Å². The Morgan fingerprint density at radius 3 is 2.75 bits per heavy atom. The van der Waals surface area contributed by atoms with Crippen molar-refractivity contribution in [2.45, 2.75) is 51.1 Å². The lowest BCUT2D eigenvalue weighted by Crippen LogP contribution is -2.57. The van der Waals surface area contributed by atoms with Crippen LogP contribution in [0.3, 0.4) is 0 Å². The predicted octanol–water partition coefficient (Wildman–Crippen LogP) is 1.43. The number of aryl methyl sites for hydroxylation is 1. The van der Waals surface area contributed by atoms with Crippen molar-refractivity contribution in [3.8, 4) is 0 Å². The van der Waals surface area contributed by atoms with Crippen LogP contribution in [0.4, 0.5) is 4.79 Å². The van der Waals surface area contributed by atoms with Crippen LogP contribution < -0.4 is 10.6 Å². The fourth-order valence-electron chi connectivity index (χ4n) is 2.27. The fraction of sp³-hybridized carbons (Fsp3) is 0.615. The van der Waals surface area contributed by atoms with Gasteiger partial charge in [0, 0.05) is 6.42 Å². The molecule has 0 aliphatic heterocycles. The zero-order valence-corrected chi connectivity index (χ0v) is 11.4. The molecule has 0 atom stereocenters. The first-order valence-corrected chi connectivity index (χ1v) is 6.74. The zero-order chi connectivity index (χ0) is 14.6. The monoisotopic (exact) mass is 281 g/mol. The smallest absolute Gasteiger partial charge is 0.315 e. The van der Waals surface area contributed by atoms with Gasteiger partial charge in [0.15, 0.2) is 0 Å². The number of carboxylic acid groups (broad SMARTS) is 1. The number of aliphatic carboxylic acids is 1. The second-order valence-corrected chi connectivity index (χ2v) is 5.09. The molecule has 0 spiro atoms. The van der Waals surface area contributed by atoms with Gasteiger partial charge >= 0.3 is 12.0 Å². The molecule has 1 aromatic heterocycles. The number of amides is 2. The second kappa shape index (κ2) is 5.94. The van der Waals surface area contributed by atoms with Crippen LogP contribution in [0.5, 0.6) is 0 Å². The van der Waals surface area contributed by atoms with Crippen LogP contribution >= 0.6 is 0 Å². The summed E-state index contributed by atoms with van der Waals surface area (Å²) in [7, 11) is 0. The van der Waals surface area contributed by atoms with Gasteiger partial charge in [0.25, 0.3) is 0 Å². The van der Waals surface area contributed by atoms with E-state index >= 15 is 0 Å². The molecule has 1 saturated carbocycles. The van der Waals surface area contributed by atoms with E-state index in [-0.39, 0.29) is 19.0 Å². The number of carbonyl (C=O) groups excluding carboxylic acids is 1. The Balaban J connectivity index is 1.81. The molecular formula is C13H19N3O4. The van der Waals surface area contributed by atoms with Crippen LogP contribution in [0.25, 0.3) is 0 Å². The minimum absolute atomic E-state index is 0.0423. The van der Waals surface area contributed by atoms with Gasteiger partial charge in [-0.05, 0) is 19.3 Å². The molecule has 0 radical (unpaired) electrons. The highest BCUT2D eigenvalue weighted by Gasteiger charge is 2.40. The lowest BCUT2D eigenvalue weighted by Gasteiger charge is -2.41. The summed E-state index contributed by atoms with van der Waals surface area (Å²) in [5.74, 6) is 0.312. The van der Waals surface area contributed by atoms with Crippen LogP contribution in [0.2, 0.25) is 0 Å². The maximum Gasteiger partial charge on any atom is 0.315 e. The number of carboxylic acids is 1. The summed E-state index contributed by atoms with van der Waals surface area (Å²) in [6.07, 6.45) is 4.68. The average molecular weight is 281 g/mol. The molecule has 1 aromatic rings. The van der Waals surface area contributed by atoms with Gasteiger partial charge in [-0.3, -0.25) is 4.79 Å². The normalized spacial score (nSPS) is 16.2. The first-order valence-electron chi connectivity index (χ1n) is 6.74. The quantitative estimate of drug-likeness (QED) is 0.731. The number of rotatable bonds is 6. The van der Waals surface area contributed by atoms with E-state index in [1.54, 1.807) is 6.20 Å². The van der Waals surface area contributed by atoms with Gasteiger partial charge in [-0.25, -0.2) is 9.78 Å². The van der Waals surface area contributed by atoms with Gasteiger partial charge in [0.2, 0.25) is 5.89 Å². The third-order valence-electron chi connectivity index (χ3n) is 3.53. The number of oxazole rings is 1. The molecule has 0 unspecified atom stereocenters. The highest BCUT2D eigenvalue weighted by atomic mass is 16.4. The lowest BCUT2D eigenvalue weighted by molar-refractivity contribution is -0.139. The van der Waals surface area contributed by atoms with E-state index in [0.29, 0.717) is 18.7 Å². The number of carbonyl (C=O) groups is 2. The summed E-state index contributed by atoms with van der Waals surface area (Å²) in [4.78, 5) is 26.6. The van der Waals surface area contributed by atoms with E-state index in [9.17, 15) is 9.59 Å². The third-order valence-corrected chi connectivity index (χ3v) is 3.53. The molecule has 110 valence electrons. The Labute approximate surface area is 116 Å². The number of hydrogen-bond donors (Lipinski definition) is 3. The van der Waals surface area contributed by atoms with Crippen molar-refractivity contribution < 1.29 is 19.1 Å². The Morgan fingerprint density at radius 2 is 2.25 bits per heavy atom. The van der Waals surface area contributed by atoms with Crippen molar-refractivity contribution >= 4 is 12.0 Å². The van der Waals surface area contributed by atoms with Crippen molar-refractivity contribution in [2.24, 2.45) is 0 Å². The van der Waals surface area contributed by atoms with Gasteiger partial charge < -0.3 is 20.2 Å². The predicted molar refractivity (Wildman–Crippen MR) is 70.1 cm³/mol. The van der Waals surface area contributed by atoms with Crippen LogP contribution in [0.15, 0.2) is 10.6 Å². The van der Waals surface area contributed by atoms with E-state index in [2.05, 4.69) is 15.6 Å². The Kier molecular flexibility index (Phi) is 4.26. The first-order chi connectivity index (χ1) is 9.53. The highest BCUT2D eigenvalue weighted by molar-refractivity contribution is 5.77. The number of urea groups is 1. The number of nitrogens with one attached hydrogen (secondary N) is 2. The van der Waals surface area contributed by atoms with Crippen molar-refractivity contribution in [3.05, 3.63) is 17.8 Å². The topological polar surface area (TPSA) is 104 Å². The molecule has 3 N–H and O–H groups in total. The van der Waals surface area contributed by atoms with E-state index in [1.807, 2.05) is 6.92 Å². The van der Waals surface area contributed by atoms with Crippen molar-refractivity contribution in [1.29, 1.82) is 0 Å². The SMILES string of the molecule is CCc1cnc(CNC(=O)NC2(CC(=O)O)CCC2)o1. The van der Waals surface area contributed by atoms with Gasteiger partial charge in [-0.1, -0.05) is 6.92 Å². The Bertz CT molecular complexity index is 494. The molecule has 7 nitrogen and oxygen atoms in total. The summed E-state index contributed by atoms with van der Waals surface area (Å²) >= 11 is 0. The molecular weight excluding hydrogens is 262 g/mol. The van der Waals surface area contributed by atoms with Crippen LogP contribution in [0.1, 0.15) is 44.3 Å². The summed E-state index contributed by atoms with van der Waals surface area (Å²) in [5, 5.41) is 14.3. The van der Waals surface area contributed by atoms with Crippen LogP contribution in [-0.2, 0) is 17.8 Å². The lowest BCUT2D eigenvalue weighted by atomic mass is 9.74. The molecule has 7 heteroatoms. The summed E-state index contributed by atoms with van der Waals surface area (Å²) < 4.78 is 5.37. The van der Waals surface area contributed by atoms with Crippen LogP contribution in [-0.4, -0.2) is 27.6 Å². The molecule has 0 saturated heterocycles. The second-order valence-electron chi connectivity index (χ2n) is 5.09. The molecule has 1 aliphatic carbocycles. The van der Waals surface area contributed by atoms with Gasteiger partial charge in [-0.2, -0.15) is 0 Å². The molecule has 2 rings (SSSR count). The Morgan fingerprint density at radius 1 is 1.50 bits per heavy atom. The standard InChI is InChI=1S/C13H19N3O4/c1-2-9-7-14-10(20-9)8-15-12(19)16-13(4-3-5-13)6-11(17)18/h7H,2-6,8H2,1H3,(H,17,18)(H2,15,16,19). The molecule has 0 bridgehead atoms. The van der Waals surface area contributed by atoms with Gasteiger partial charge in [0.1, 0.15) is 5.76 Å². The summed E-state index contributed by atoms with van der Waals surface area (Å²) in [6, 6.07) is -0.387. The Hall–Kier alpha value is -2.05. The van der Waals surface area contributed by atoms with E-state index in [4.69, 9.17) is 9.52 Å². The molecule has 20 heavy (non-hydrogen) atoms. The van der Waals surface area contributed by atoms with Crippen molar-refractivity contribution in [1.82, 2.24) is 15.6 Å². The summed E-state index contributed by atoms with van der Waals surface area (Å²) in [5.41, 5.74) is -0.596. The average Bonchev–Trinajstić information content (AvgIpc) is 2.81. The molecule has 1 fully saturated rings. The minimum atomic E-state index is -0.898. The maximum atomic E-state index is 11.8. The summed E-state index contributed by atoms with van der Waals surface area (Å²) in [6.45, 7) is 2.14. The third kappa shape index (κ3) is 3.49. The van der Waals surface area contributed by atoms with E-state index in [1.165, 1.54) is 0 Å². The number of aromatic nitrogens is 1. The minimum Gasteiger partial charge on any atom is -0.481 e. The molecule has 2 amide bonds. The van der Waals surface area contributed by atoms with Gasteiger partial charge in [-0.15, -0.1) is 0 Å². The van der Waals surface area contributed by atoms with Crippen LogP contribution in [0, 0.1) is 0 Å². The number of hydrogen-bond acceptors (Lipinski definition) is 4.